The lowest BCUT2D eigenvalue weighted by atomic mass is 10.0. The van der Waals surface area contributed by atoms with Gasteiger partial charge in [0, 0.05) is 31.3 Å². The number of nitriles is 1. The Morgan fingerprint density at radius 1 is 1.48 bits per heavy atom. The molecule has 1 aromatic rings. The zero-order valence-electron chi connectivity index (χ0n) is 13.0. The van der Waals surface area contributed by atoms with Gasteiger partial charge in [0.2, 0.25) is 0 Å². The number of esters is 1. The van der Waals surface area contributed by atoms with Gasteiger partial charge in [-0.2, -0.15) is 5.26 Å². The van der Waals surface area contributed by atoms with Crippen LogP contribution < -0.4 is 0 Å². The second kappa shape index (κ2) is 8.15. The van der Waals surface area contributed by atoms with E-state index < -0.39 is 10.9 Å². The first-order valence-corrected chi connectivity index (χ1v) is 7.22. The van der Waals surface area contributed by atoms with E-state index in [0.29, 0.717) is 6.54 Å². The first-order chi connectivity index (χ1) is 10.9. The number of rotatable bonds is 6. The lowest BCUT2D eigenvalue weighted by Gasteiger charge is -2.23. The van der Waals surface area contributed by atoms with E-state index in [1.165, 1.54) is 18.2 Å². The lowest BCUT2D eigenvalue weighted by Crippen LogP contribution is -2.21. The SMILES string of the molecule is CCOC(=O)C(C#N)=C(c1cc([N+](=O)[O-])ccc1Cl)N(C)CC. The van der Waals surface area contributed by atoms with E-state index in [1.54, 1.807) is 18.9 Å². The largest absolute Gasteiger partial charge is 0.462 e. The maximum Gasteiger partial charge on any atom is 0.351 e. The third-order valence-corrected chi connectivity index (χ3v) is 3.43. The molecule has 0 aromatic heterocycles. The van der Waals surface area contributed by atoms with Crippen LogP contribution in [0.1, 0.15) is 19.4 Å². The molecule has 23 heavy (non-hydrogen) atoms. The summed E-state index contributed by atoms with van der Waals surface area (Å²) >= 11 is 6.13. The van der Waals surface area contributed by atoms with E-state index in [0.717, 1.165) is 0 Å². The van der Waals surface area contributed by atoms with E-state index in [9.17, 15) is 20.2 Å². The molecule has 0 atom stereocenters. The number of halogens is 1. The van der Waals surface area contributed by atoms with E-state index in [1.807, 2.05) is 13.0 Å². The highest BCUT2D eigenvalue weighted by Gasteiger charge is 2.24. The quantitative estimate of drug-likeness (QED) is 0.260. The molecule has 0 spiro atoms. The third kappa shape index (κ3) is 4.20. The van der Waals surface area contributed by atoms with Gasteiger partial charge in [0.15, 0.2) is 5.57 Å². The van der Waals surface area contributed by atoms with Crippen molar-refractivity contribution in [3.63, 3.8) is 0 Å². The zero-order chi connectivity index (χ0) is 17.6. The van der Waals surface area contributed by atoms with Gasteiger partial charge < -0.3 is 9.64 Å². The summed E-state index contributed by atoms with van der Waals surface area (Å²) < 4.78 is 4.89. The van der Waals surface area contributed by atoms with Crippen LogP contribution in [0, 0.1) is 21.4 Å². The number of nitro groups is 1. The second-order valence-electron chi connectivity index (χ2n) is 4.49. The van der Waals surface area contributed by atoms with Gasteiger partial charge in [0.05, 0.1) is 22.2 Å². The van der Waals surface area contributed by atoms with Crippen LogP contribution in [0.25, 0.3) is 5.70 Å². The van der Waals surface area contributed by atoms with E-state index >= 15 is 0 Å². The van der Waals surface area contributed by atoms with Crippen LogP contribution in [-0.4, -0.2) is 36.0 Å². The molecule has 0 bridgehead atoms. The van der Waals surface area contributed by atoms with Gasteiger partial charge in [0.1, 0.15) is 6.07 Å². The summed E-state index contributed by atoms with van der Waals surface area (Å²) in [5, 5.41) is 20.5. The molecule has 0 radical (unpaired) electrons. The van der Waals surface area contributed by atoms with Crippen LogP contribution in [0.4, 0.5) is 5.69 Å². The van der Waals surface area contributed by atoms with Gasteiger partial charge in [-0.1, -0.05) is 11.6 Å². The molecule has 0 aliphatic heterocycles. The molecule has 0 saturated heterocycles. The van der Waals surface area contributed by atoms with Crippen LogP contribution >= 0.6 is 11.6 Å². The highest BCUT2D eigenvalue weighted by atomic mass is 35.5. The Kier molecular flexibility index (Phi) is 6.54. The van der Waals surface area contributed by atoms with Crippen molar-refractivity contribution in [1.82, 2.24) is 4.90 Å². The number of nitrogens with zero attached hydrogens (tertiary/aromatic N) is 3. The number of hydrogen-bond acceptors (Lipinski definition) is 6. The predicted octanol–water partition coefficient (Wildman–Crippen LogP) is 3.00. The molecule has 1 aromatic carbocycles. The number of benzene rings is 1. The molecule has 7 nitrogen and oxygen atoms in total. The van der Waals surface area contributed by atoms with Gasteiger partial charge in [-0.25, -0.2) is 4.79 Å². The minimum Gasteiger partial charge on any atom is -0.462 e. The summed E-state index contributed by atoms with van der Waals surface area (Å²) in [6, 6.07) is 5.66. The summed E-state index contributed by atoms with van der Waals surface area (Å²) in [5.41, 5.74) is -0.0110. The Morgan fingerprint density at radius 2 is 2.13 bits per heavy atom. The molecule has 8 heteroatoms. The molecule has 0 heterocycles. The fraction of sp³-hybridized carbons (Fsp3) is 0.333. The first kappa shape index (κ1) is 18.5. The van der Waals surface area contributed by atoms with Crippen molar-refractivity contribution >= 4 is 29.0 Å². The number of hydrogen-bond donors (Lipinski definition) is 0. The summed E-state index contributed by atoms with van der Waals surface area (Å²) in [6.07, 6.45) is 0. The van der Waals surface area contributed by atoms with E-state index in [2.05, 4.69) is 0 Å². The average molecular weight is 338 g/mol. The van der Waals surface area contributed by atoms with Crippen LogP contribution in [0.15, 0.2) is 23.8 Å². The molecule has 0 aliphatic rings. The average Bonchev–Trinajstić information content (AvgIpc) is 2.52. The van der Waals surface area contributed by atoms with Crippen LogP contribution in [0.3, 0.4) is 0 Å². The minimum atomic E-state index is -0.798. The number of non-ortho nitro benzene ring substituents is 1. The monoisotopic (exact) mass is 337 g/mol. The summed E-state index contributed by atoms with van der Waals surface area (Å²) in [7, 11) is 1.65. The molecule has 0 amide bonds. The highest BCUT2D eigenvalue weighted by molar-refractivity contribution is 6.32. The molecule has 0 aliphatic carbocycles. The smallest absolute Gasteiger partial charge is 0.351 e. The zero-order valence-corrected chi connectivity index (χ0v) is 13.8. The maximum atomic E-state index is 12.0. The number of ether oxygens (including phenoxy) is 1. The van der Waals surface area contributed by atoms with E-state index in [4.69, 9.17) is 16.3 Å². The Bertz CT molecular complexity index is 694. The molecule has 1 rings (SSSR count). The lowest BCUT2D eigenvalue weighted by molar-refractivity contribution is -0.384. The molecule has 122 valence electrons. The number of nitro benzene ring substituents is 1. The van der Waals surface area contributed by atoms with Gasteiger partial charge in [-0.15, -0.1) is 0 Å². The van der Waals surface area contributed by atoms with Gasteiger partial charge in [0.25, 0.3) is 5.69 Å². The molecule has 0 fully saturated rings. The minimum absolute atomic E-state index is 0.107. The summed E-state index contributed by atoms with van der Waals surface area (Å²) in [4.78, 5) is 24.1. The molecular weight excluding hydrogens is 322 g/mol. The number of carbonyl (C=O) groups is 1. The maximum absolute atomic E-state index is 12.0. The van der Waals surface area contributed by atoms with Crippen molar-refractivity contribution in [2.75, 3.05) is 20.2 Å². The van der Waals surface area contributed by atoms with Gasteiger partial charge in [-0.3, -0.25) is 10.1 Å². The van der Waals surface area contributed by atoms with Crippen molar-refractivity contribution in [3.8, 4) is 6.07 Å². The van der Waals surface area contributed by atoms with Crippen LogP contribution in [-0.2, 0) is 9.53 Å². The fourth-order valence-electron chi connectivity index (χ4n) is 1.90. The van der Waals surface area contributed by atoms with Crippen molar-refractivity contribution < 1.29 is 14.5 Å². The van der Waals surface area contributed by atoms with Crippen LogP contribution in [0.5, 0.6) is 0 Å². The topological polar surface area (TPSA) is 96.5 Å². The van der Waals surface area contributed by atoms with Gasteiger partial charge in [-0.05, 0) is 19.9 Å². The van der Waals surface area contributed by atoms with Crippen LogP contribution in [0.2, 0.25) is 5.02 Å². The normalized spacial score (nSPS) is 11.3. The Balaban J connectivity index is 3.67. The Hall–Kier alpha value is -2.59. The van der Waals surface area contributed by atoms with E-state index in [-0.39, 0.29) is 34.2 Å². The molecule has 0 unspecified atom stereocenters. The van der Waals surface area contributed by atoms with Gasteiger partial charge >= 0.3 is 5.97 Å². The van der Waals surface area contributed by atoms with Crippen molar-refractivity contribution in [2.45, 2.75) is 13.8 Å². The van der Waals surface area contributed by atoms with Crippen molar-refractivity contribution in [2.24, 2.45) is 0 Å². The standard InChI is InChI=1S/C15H16ClN3O4/c1-4-18(3)14(12(9-17)15(20)23-5-2)11-8-10(19(21)22)6-7-13(11)16/h6-8H,4-5H2,1-3H3. The predicted molar refractivity (Wildman–Crippen MR) is 85.6 cm³/mol. The fourth-order valence-corrected chi connectivity index (χ4v) is 2.10. The first-order valence-electron chi connectivity index (χ1n) is 6.84. The second-order valence-corrected chi connectivity index (χ2v) is 4.90. The summed E-state index contributed by atoms with van der Waals surface area (Å²) in [5.74, 6) is -0.798. The van der Waals surface area contributed by atoms with Crippen molar-refractivity contribution in [3.05, 3.63) is 44.5 Å². The molecule has 0 saturated carbocycles. The van der Waals surface area contributed by atoms with Crippen molar-refractivity contribution in [1.29, 1.82) is 5.26 Å². The highest BCUT2D eigenvalue weighted by Crippen LogP contribution is 2.32. The molecule has 0 N–H and O–H groups in total. The molecular formula is C15H16ClN3O4. The Morgan fingerprint density at radius 3 is 2.61 bits per heavy atom. The third-order valence-electron chi connectivity index (χ3n) is 3.10. The Labute approximate surface area is 138 Å². The number of carbonyl (C=O) groups excluding carboxylic acids is 1. The summed E-state index contributed by atoms with van der Waals surface area (Å²) in [6.45, 7) is 4.00.